The Bertz CT molecular complexity index is 576. The molecule has 1 amide bonds. The number of carbonyl (C=O) groups is 1. The summed E-state index contributed by atoms with van der Waals surface area (Å²) in [7, 11) is 1.87. The van der Waals surface area contributed by atoms with Gasteiger partial charge in [-0.25, -0.2) is 0 Å². The summed E-state index contributed by atoms with van der Waals surface area (Å²) in [5, 5.41) is 10.6. The minimum Gasteiger partial charge on any atom is -0.354 e. The third kappa shape index (κ3) is 3.03. The van der Waals surface area contributed by atoms with Gasteiger partial charge in [0.2, 0.25) is 5.91 Å². The predicted octanol–water partition coefficient (Wildman–Crippen LogP) is 0.348. The van der Waals surface area contributed by atoms with E-state index in [1.807, 2.05) is 41.9 Å². The van der Waals surface area contributed by atoms with Gasteiger partial charge in [0.25, 0.3) is 0 Å². The van der Waals surface area contributed by atoms with Crippen molar-refractivity contribution < 1.29 is 4.79 Å². The summed E-state index contributed by atoms with van der Waals surface area (Å²) in [5.74, 6) is 0.620. The van der Waals surface area contributed by atoms with Crippen LogP contribution in [0.3, 0.4) is 0 Å². The Kier molecular flexibility index (Phi) is 4.14. The van der Waals surface area contributed by atoms with Crippen LogP contribution in [0.1, 0.15) is 18.3 Å². The Morgan fingerprint density at radius 3 is 2.70 bits per heavy atom. The van der Waals surface area contributed by atoms with Crippen molar-refractivity contribution in [3.05, 3.63) is 48.0 Å². The van der Waals surface area contributed by atoms with Gasteiger partial charge in [-0.05, 0) is 12.5 Å². The minimum absolute atomic E-state index is 0.203. The van der Waals surface area contributed by atoms with Crippen molar-refractivity contribution in [2.24, 2.45) is 12.8 Å². The fourth-order valence-electron chi connectivity index (χ4n) is 1.92. The number of nitrogens with one attached hydrogen (secondary N) is 1. The van der Waals surface area contributed by atoms with E-state index in [0.717, 1.165) is 11.4 Å². The van der Waals surface area contributed by atoms with Crippen LogP contribution in [-0.4, -0.2) is 27.2 Å². The maximum absolute atomic E-state index is 12.2. The number of aromatic nitrogens is 3. The van der Waals surface area contributed by atoms with E-state index in [0.29, 0.717) is 13.0 Å². The minimum atomic E-state index is -1.04. The molecule has 1 atom stereocenters. The second kappa shape index (κ2) is 5.83. The van der Waals surface area contributed by atoms with Crippen molar-refractivity contribution in [3.63, 3.8) is 0 Å². The molecule has 0 aliphatic rings. The van der Waals surface area contributed by atoms with Crippen LogP contribution in [0.25, 0.3) is 0 Å². The number of nitrogens with zero attached hydrogens (tertiary/aromatic N) is 3. The zero-order valence-corrected chi connectivity index (χ0v) is 11.7. The number of rotatable bonds is 5. The summed E-state index contributed by atoms with van der Waals surface area (Å²) in [6, 6.07) is 9.33. The second-order valence-electron chi connectivity index (χ2n) is 4.93. The first kappa shape index (κ1) is 14.2. The molecule has 1 heterocycles. The molecule has 1 aromatic carbocycles. The van der Waals surface area contributed by atoms with E-state index in [9.17, 15) is 4.79 Å². The molecule has 3 N–H and O–H groups in total. The van der Waals surface area contributed by atoms with Gasteiger partial charge < -0.3 is 15.6 Å². The van der Waals surface area contributed by atoms with Gasteiger partial charge in [0.15, 0.2) is 0 Å². The number of carbonyl (C=O) groups excluding carboxylic acids is 1. The highest BCUT2D eigenvalue weighted by molar-refractivity contribution is 5.86. The number of hydrogen-bond acceptors (Lipinski definition) is 4. The van der Waals surface area contributed by atoms with E-state index in [4.69, 9.17) is 5.73 Å². The molecule has 20 heavy (non-hydrogen) atoms. The highest BCUT2D eigenvalue weighted by atomic mass is 16.2. The lowest BCUT2D eigenvalue weighted by Gasteiger charge is -2.24. The van der Waals surface area contributed by atoms with Gasteiger partial charge in [-0.2, -0.15) is 0 Å². The van der Waals surface area contributed by atoms with Crippen LogP contribution < -0.4 is 11.1 Å². The molecule has 0 saturated heterocycles. The first-order chi connectivity index (χ1) is 9.51. The molecule has 0 fully saturated rings. The Hall–Kier alpha value is -2.21. The number of nitrogens with two attached hydrogens (primary N) is 1. The molecular weight excluding hydrogens is 254 g/mol. The molecule has 1 unspecified atom stereocenters. The average Bonchev–Trinajstić information content (AvgIpc) is 2.85. The van der Waals surface area contributed by atoms with E-state index in [-0.39, 0.29) is 5.91 Å². The normalized spacial score (nSPS) is 13.8. The number of aryl methyl sites for hydroxylation is 1. The highest BCUT2D eigenvalue weighted by Gasteiger charge is 2.29. The van der Waals surface area contributed by atoms with Crippen molar-refractivity contribution in [3.8, 4) is 0 Å². The zero-order chi connectivity index (χ0) is 14.6. The van der Waals surface area contributed by atoms with E-state index in [2.05, 4.69) is 15.5 Å². The summed E-state index contributed by atoms with van der Waals surface area (Å²) in [6.45, 7) is 2.19. The molecule has 0 aliphatic carbocycles. The fraction of sp³-hybridized carbons (Fsp3) is 0.357. The summed E-state index contributed by atoms with van der Waals surface area (Å²) < 4.78 is 1.82. The van der Waals surface area contributed by atoms with Crippen molar-refractivity contribution in [1.82, 2.24) is 20.1 Å². The van der Waals surface area contributed by atoms with Gasteiger partial charge in [-0.1, -0.05) is 30.3 Å². The molecule has 0 radical (unpaired) electrons. The molecule has 0 saturated carbocycles. The Labute approximate surface area is 118 Å². The van der Waals surface area contributed by atoms with Crippen LogP contribution in [0.4, 0.5) is 0 Å². The molecular formula is C14H19N5O. The summed E-state index contributed by atoms with van der Waals surface area (Å²) in [5.41, 5.74) is 5.87. The van der Waals surface area contributed by atoms with Crippen molar-refractivity contribution in [1.29, 1.82) is 0 Å². The van der Waals surface area contributed by atoms with Crippen LogP contribution in [0, 0.1) is 0 Å². The first-order valence-corrected chi connectivity index (χ1v) is 6.47. The Morgan fingerprint density at radius 2 is 2.10 bits per heavy atom. The topological polar surface area (TPSA) is 85.8 Å². The molecule has 1 aromatic heterocycles. The maximum Gasteiger partial charge on any atom is 0.244 e. The monoisotopic (exact) mass is 273 g/mol. The van der Waals surface area contributed by atoms with Crippen molar-refractivity contribution in [2.75, 3.05) is 6.54 Å². The molecule has 2 aromatic rings. The SMILES string of the molecule is Cn1cnnc1CCNC(=O)C(C)(N)c1ccccc1. The number of hydrogen-bond donors (Lipinski definition) is 2. The maximum atomic E-state index is 12.2. The molecule has 2 rings (SSSR count). The van der Waals surface area contributed by atoms with Crippen LogP contribution >= 0.6 is 0 Å². The van der Waals surface area contributed by atoms with Gasteiger partial charge in [-0.15, -0.1) is 10.2 Å². The van der Waals surface area contributed by atoms with Crippen molar-refractivity contribution >= 4 is 5.91 Å². The number of benzene rings is 1. The molecule has 0 spiro atoms. The molecule has 6 nitrogen and oxygen atoms in total. The van der Waals surface area contributed by atoms with E-state index in [1.54, 1.807) is 13.3 Å². The van der Waals surface area contributed by atoms with Gasteiger partial charge in [0.05, 0.1) is 0 Å². The van der Waals surface area contributed by atoms with Crippen LogP contribution in [-0.2, 0) is 23.8 Å². The van der Waals surface area contributed by atoms with Gasteiger partial charge in [-0.3, -0.25) is 4.79 Å². The van der Waals surface area contributed by atoms with E-state index >= 15 is 0 Å². The molecule has 0 bridgehead atoms. The second-order valence-corrected chi connectivity index (χ2v) is 4.93. The van der Waals surface area contributed by atoms with Crippen molar-refractivity contribution in [2.45, 2.75) is 18.9 Å². The molecule has 0 aliphatic heterocycles. The highest BCUT2D eigenvalue weighted by Crippen LogP contribution is 2.17. The van der Waals surface area contributed by atoms with Crippen LogP contribution in [0.15, 0.2) is 36.7 Å². The van der Waals surface area contributed by atoms with E-state index < -0.39 is 5.54 Å². The standard InChI is InChI=1S/C14H19N5O/c1-14(15,11-6-4-3-5-7-11)13(20)16-9-8-12-18-17-10-19(12)2/h3-7,10H,8-9,15H2,1-2H3,(H,16,20). The van der Waals surface area contributed by atoms with Gasteiger partial charge in [0.1, 0.15) is 17.7 Å². The summed E-state index contributed by atoms with van der Waals surface area (Å²) in [6.07, 6.45) is 2.25. The zero-order valence-electron chi connectivity index (χ0n) is 11.7. The Morgan fingerprint density at radius 1 is 1.40 bits per heavy atom. The third-order valence-corrected chi connectivity index (χ3v) is 3.28. The van der Waals surface area contributed by atoms with E-state index in [1.165, 1.54) is 0 Å². The largest absolute Gasteiger partial charge is 0.354 e. The summed E-state index contributed by atoms with van der Waals surface area (Å²) in [4.78, 5) is 12.2. The smallest absolute Gasteiger partial charge is 0.244 e. The van der Waals surface area contributed by atoms with Gasteiger partial charge >= 0.3 is 0 Å². The summed E-state index contributed by atoms with van der Waals surface area (Å²) >= 11 is 0. The predicted molar refractivity (Wildman–Crippen MR) is 75.7 cm³/mol. The van der Waals surface area contributed by atoms with Crippen LogP contribution in [0.2, 0.25) is 0 Å². The average molecular weight is 273 g/mol. The Balaban J connectivity index is 1.93. The van der Waals surface area contributed by atoms with Crippen LogP contribution in [0.5, 0.6) is 0 Å². The lowest BCUT2D eigenvalue weighted by atomic mass is 9.92. The number of amides is 1. The lowest BCUT2D eigenvalue weighted by molar-refractivity contribution is -0.126. The first-order valence-electron chi connectivity index (χ1n) is 6.47. The lowest BCUT2D eigenvalue weighted by Crippen LogP contribution is -2.49. The van der Waals surface area contributed by atoms with Gasteiger partial charge in [0, 0.05) is 20.0 Å². The fourth-order valence-corrected chi connectivity index (χ4v) is 1.92. The molecule has 6 heteroatoms. The quantitative estimate of drug-likeness (QED) is 0.823. The third-order valence-electron chi connectivity index (χ3n) is 3.28. The molecule has 106 valence electrons.